The van der Waals surface area contributed by atoms with E-state index in [1.54, 1.807) is 42.0 Å². The number of aliphatic hydroxyl groups excluding tert-OH is 1. The number of likely N-dealkylation sites (N-methyl/N-ethyl adjacent to an activating group) is 1. The predicted octanol–water partition coefficient (Wildman–Crippen LogP) is 2.29. The van der Waals surface area contributed by atoms with Crippen molar-refractivity contribution < 1.29 is 14.6 Å². The van der Waals surface area contributed by atoms with E-state index < -0.39 is 0 Å². The summed E-state index contributed by atoms with van der Waals surface area (Å²) in [6.07, 6.45) is 9.86. The zero-order valence-electron chi connectivity index (χ0n) is 19.7. The quantitative estimate of drug-likeness (QED) is 0.570. The van der Waals surface area contributed by atoms with Gasteiger partial charge in [0.2, 0.25) is 5.88 Å². The van der Waals surface area contributed by atoms with Crippen molar-refractivity contribution in [2.45, 2.75) is 32.5 Å². The minimum Gasteiger partial charge on any atom is -0.472 e. The first-order valence-corrected chi connectivity index (χ1v) is 11.4. The molecule has 4 rings (SSSR count). The van der Waals surface area contributed by atoms with Crippen molar-refractivity contribution in [1.29, 1.82) is 0 Å². The van der Waals surface area contributed by atoms with Gasteiger partial charge in [0.1, 0.15) is 18.0 Å². The predicted molar refractivity (Wildman–Crippen MR) is 127 cm³/mol. The van der Waals surface area contributed by atoms with Crippen LogP contribution in [0.1, 0.15) is 29.8 Å². The Morgan fingerprint density at radius 3 is 2.62 bits per heavy atom. The highest BCUT2D eigenvalue weighted by atomic mass is 16.5. The topological polar surface area (TPSA) is 105 Å². The van der Waals surface area contributed by atoms with E-state index in [0.29, 0.717) is 24.5 Å². The van der Waals surface area contributed by atoms with Gasteiger partial charge in [-0.25, -0.2) is 15.0 Å². The zero-order valence-corrected chi connectivity index (χ0v) is 19.7. The van der Waals surface area contributed by atoms with Gasteiger partial charge in [0, 0.05) is 67.7 Å². The maximum Gasteiger partial charge on any atom is 0.259 e. The molecule has 0 saturated heterocycles. The second-order valence-corrected chi connectivity index (χ2v) is 8.88. The summed E-state index contributed by atoms with van der Waals surface area (Å²) in [5.74, 6) is 0.114. The largest absolute Gasteiger partial charge is 0.472 e. The molecule has 34 heavy (non-hydrogen) atoms. The van der Waals surface area contributed by atoms with Crippen LogP contribution in [0.3, 0.4) is 0 Å². The highest BCUT2D eigenvalue weighted by Gasteiger charge is 2.34. The second kappa shape index (κ2) is 10.7. The fourth-order valence-corrected chi connectivity index (χ4v) is 4.10. The molecule has 0 bridgehead atoms. The number of nitrogens with zero attached hydrogens (tertiary/aromatic N) is 6. The summed E-state index contributed by atoms with van der Waals surface area (Å²) in [4.78, 5) is 34.2. The number of rotatable bonds is 7. The van der Waals surface area contributed by atoms with Gasteiger partial charge in [0.25, 0.3) is 5.91 Å². The molecule has 1 N–H and O–H groups in total. The summed E-state index contributed by atoms with van der Waals surface area (Å²) in [5, 5.41) is 9.84. The lowest BCUT2D eigenvalue weighted by atomic mass is 9.99. The van der Waals surface area contributed by atoms with Gasteiger partial charge in [0.05, 0.1) is 12.6 Å². The standard InChI is InChI=1S/C25H30N6O3/c1-17-12-31(18(2)15-32)25(33)22-8-20(21-9-27-16-28-10-21)11-29-24(22)34-23(17)14-30(3)13-19-4-6-26-7-5-19/h4-11,16-18,23,32H,12-15H2,1-3H3/t17-,18-,23+/m1/s1. The van der Waals surface area contributed by atoms with Crippen LogP contribution in [0.5, 0.6) is 5.88 Å². The molecule has 9 nitrogen and oxygen atoms in total. The van der Waals surface area contributed by atoms with E-state index in [0.717, 1.165) is 23.2 Å². The Bertz CT molecular complexity index is 1100. The third-order valence-electron chi connectivity index (χ3n) is 6.11. The Morgan fingerprint density at radius 1 is 1.18 bits per heavy atom. The van der Waals surface area contributed by atoms with E-state index in [4.69, 9.17) is 4.74 Å². The molecule has 0 aliphatic carbocycles. The van der Waals surface area contributed by atoms with Crippen molar-refractivity contribution in [2.24, 2.45) is 5.92 Å². The first-order chi connectivity index (χ1) is 16.5. The average molecular weight is 463 g/mol. The Balaban J connectivity index is 1.65. The third kappa shape index (κ3) is 5.37. The first kappa shape index (κ1) is 23.7. The van der Waals surface area contributed by atoms with Gasteiger partial charge in [-0.15, -0.1) is 0 Å². The van der Waals surface area contributed by atoms with E-state index in [2.05, 4.69) is 31.8 Å². The normalized spacial score (nSPS) is 19.2. The highest BCUT2D eigenvalue weighted by molar-refractivity contribution is 5.98. The maximum absolute atomic E-state index is 13.5. The number of aromatic nitrogens is 4. The van der Waals surface area contributed by atoms with E-state index >= 15 is 0 Å². The van der Waals surface area contributed by atoms with Crippen LogP contribution in [0.2, 0.25) is 0 Å². The van der Waals surface area contributed by atoms with Gasteiger partial charge in [0.15, 0.2) is 0 Å². The molecule has 4 heterocycles. The van der Waals surface area contributed by atoms with Crippen molar-refractivity contribution in [3.05, 3.63) is 66.6 Å². The molecule has 0 radical (unpaired) electrons. The molecule has 1 amide bonds. The van der Waals surface area contributed by atoms with Crippen LogP contribution in [-0.4, -0.2) is 79.6 Å². The molecule has 9 heteroatoms. The molecule has 3 aromatic heterocycles. The van der Waals surface area contributed by atoms with Crippen LogP contribution in [0.15, 0.2) is 55.5 Å². The number of pyridine rings is 2. The SMILES string of the molecule is C[C@@H]1CN([C@H](C)CO)C(=O)c2cc(-c3cncnc3)cnc2O[C@H]1CN(C)Cc1ccncc1. The highest BCUT2D eigenvalue weighted by Crippen LogP contribution is 2.30. The van der Waals surface area contributed by atoms with E-state index in [9.17, 15) is 9.90 Å². The van der Waals surface area contributed by atoms with Crippen LogP contribution in [0, 0.1) is 5.92 Å². The van der Waals surface area contributed by atoms with E-state index in [-0.39, 0.29) is 30.6 Å². The number of carbonyl (C=O) groups excluding carboxylic acids is 1. The maximum atomic E-state index is 13.5. The van der Waals surface area contributed by atoms with Gasteiger partial charge in [-0.1, -0.05) is 6.92 Å². The Hall–Kier alpha value is -3.43. The van der Waals surface area contributed by atoms with Crippen molar-refractivity contribution >= 4 is 5.91 Å². The van der Waals surface area contributed by atoms with Crippen LogP contribution >= 0.6 is 0 Å². The monoisotopic (exact) mass is 462 g/mol. The Labute approximate surface area is 199 Å². The number of aliphatic hydroxyl groups is 1. The van der Waals surface area contributed by atoms with Crippen molar-refractivity contribution in [2.75, 3.05) is 26.7 Å². The molecular formula is C25H30N6O3. The summed E-state index contributed by atoms with van der Waals surface area (Å²) in [5.41, 5.74) is 3.02. The summed E-state index contributed by atoms with van der Waals surface area (Å²) < 4.78 is 6.37. The summed E-state index contributed by atoms with van der Waals surface area (Å²) in [7, 11) is 2.04. The number of carbonyl (C=O) groups is 1. The molecule has 178 valence electrons. The lowest BCUT2D eigenvalue weighted by Gasteiger charge is -2.37. The molecule has 1 aliphatic rings. The fourth-order valence-electron chi connectivity index (χ4n) is 4.10. The zero-order chi connectivity index (χ0) is 24.1. The summed E-state index contributed by atoms with van der Waals surface area (Å²) in [6, 6.07) is 5.43. The Kier molecular flexibility index (Phi) is 7.44. The molecule has 0 fully saturated rings. The molecular weight excluding hydrogens is 432 g/mol. The van der Waals surface area contributed by atoms with Gasteiger partial charge < -0.3 is 14.7 Å². The average Bonchev–Trinajstić information content (AvgIpc) is 2.86. The fraction of sp³-hybridized carbons (Fsp3) is 0.400. The minimum atomic E-state index is -0.334. The third-order valence-corrected chi connectivity index (χ3v) is 6.11. The molecule has 0 saturated carbocycles. The van der Waals surface area contributed by atoms with Crippen molar-refractivity contribution in [1.82, 2.24) is 29.7 Å². The molecule has 3 aromatic rings. The minimum absolute atomic E-state index is 0.0231. The van der Waals surface area contributed by atoms with Gasteiger partial charge in [-0.05, 0) is 37.7 Å². The Morgan fingerprint density at radius 2 is 1.91 bits per heavy atom. The smallest absolute Gasteiger partial charge is 0.259 e. The molecule has 0 spiro atoms. The lowest BCUT2D eigenvalue weighted by Crippen LogP contribution is -2.49. The summed E-state index contributed by atoms with van der Waals surface area (Å²) >= 11 is 0. The molecule has 0 unspecified atom stereocenters. The number of hydrogen-bond donors (Lipinski definition) is 1. The number of ether oxygens (including phenoxy) is 1. The number of hydrogen-bond acceptors (Lipinski definition) is 8. The van der Waals surface area contributed by atoms with Crippen LogP contribution in [-0.2, 0) is 6.54 Å². The molecule has 3 atom stereocenters. The van der Waals surface area contributed by atoms with Crippen LogP contribution in [0.4, 0.5) is 0 Å². The van der Waals surface area contributed by atoms with Crippen molar-refractivity contribution in [3.63, 3.8) is 0 Å². The van der Waals surface area contributed by atoms with Crippen LogP contribution in [0.25, 0.3) is 11.1 Å². The second-order valence-electron chi connectivity index (χ2n) is 8.88. The van der Waals surface area contributed by atoms with Crippen LogP contribution < -0.4 is 4.74 Å². The van der Waals surface area contributed by atoms with Crippen molar-refractivity contribution in [3.8, 4) is 17.0 Å². The number of amides is 1. The lowest BCUT2D eigenvalue weighted by molar-refractivity contribution is 0.0325. The van der Waals surface area contributed by atoms with E-state index in [1.165, 1.54) is 6.33 Å². The first-order valence-electron chi connectivity index (χ1n) is 11.4. The number of fused-ring (bicyclic) bond motifs is 1. The molecule has 0 aromatic carbocycles. The van der Waals surface area contributed by atoms with E-state index in [1.807, 2.05) is 26.1 Å². The van der Waals surface area contributed by atoms with Gasteiger partial charge in [-0.2, -0.15) is 0 Å². The van der Waals surface area contributed by atoms with Gasteiger partial charge >= 0.3 is 0 Å². The summed E-state index contributed by atoms with van der Waals surface area (Å²) in [6.45, 7) is 5.65. The molecule has 1 aliphatic heterocycles. The van der Waals surface area contributed by atoms with Gasteiger partial charge in [-0.3, -0.25) is 14.7 Å².